The maximum absolute atomic E-state index is 5.88. The Morgan fingerprint density at radius 1 is 1.44 bits per heavy atom. The van der Waals surface area contributed by atoms with Gasteiger partial charge >= 0.3 is 0 Å². The van der Waals surface area contributed by atoms with E-state index in [2.05, 4.69) is 34.4 Å². The Hall–Kier alpha value is -0.490. The molecule has 2 heterocycles. The van der Waals surface area contributed by atoms with Gasteiger partial charge in [0, 0.05) is 31.1 Å². The lowest BCUT2D eigenvalue weighted by molar-refractivity contribution is 0.138. The van der Waals surface area contributed by atoms with E-state index in [0.29, 0.717) is 4.99 Å². The van der Waals surface area contributed by atoms with Gasteiger partial charge in [-0.25, -0.2) is 0 Å². The fourth-order valence-electron chi connectivity index (χ4n) is 2.03. The minimum absolute atomic E-state index is 0.128. The second-order valence-electron chi connectivity index (χ2n) is 4.16. The zero-order chi connectivity index (χ0) is 11.5. The fourth-order valence-corrected chi connectivity index (χ4v) is 3.25. The first kappa shape index (κ1) is 12.0. The molecule has 2 rings (SSSR count). The summed E-state index contributed by atoms with van der Waals surface area (Å²) in [6.07, 6.45) is 0. The van der Waals surface area contributed by atoms with E-state index in [9.17, 15) is 0 Å². The molecule has 1 aromatic heterocycles. The third-order valence-electron chi connectivity index (χ3n) is 2.99. The van der Waals surface area contributed by atoms with E-state index in [1.54, 1.807) is 11.3 Å². The second-order valence-corrected chi connectivity index (χ2v) is 5.61. The molecule has 0 bridgehead atoms. The van der Waals surface area contributed by atoms with Crippen molar-refractivity contribution in [3.05, 3.63) is 22.4 Å². The molecule has 0 aliphatic carbocycles. The highest BCUT2D eigenvalue weighted by molar-refractivity contribution is 7.80. The number of hydrogen-bond acceptors (Lipinski definition) is 4. The van der Waals surface area contributed by atoms with Crippen molar-refractivity contribution in [3.63, 3.8) is 0 Å². The van der Waals surface area contributed by atoms with E-state index in [4.69, 9.17) is 18.0 Å². The molecule has 1 saturated heterocycles. The first-order valence-electron chi connectivity index (χ1n) is 5.44. The van der Waals surface area contributed by atoms with Gasteiger partial charge in [0.2, 0.25) is 0 Å². The van der Waals surface area contributed by atoms with E-state index < -0.39 is 0 Å². The molecule has 1 fully saturated rings. The largest absolute Gasteiger partial charge is 0.392 e. The summed E-state index contributed by atoms with van der Waals surface area (Å²) in [5.74, 6) is 0. The van der Waals surface area contributed by atoms with Crippen molar-refractivity contribution in [2.45, 2.75) is 6.04 Å². The lowest BCUT2D eigenvalue weighted by Gasteiger charge is -2.37. The number of rotatable bonds is 3. The van der Waals surface area contributed by atoms with Gasteiger partial charge in [-0.1, -0.05) is 18.3 Å². The standard InChI is InChI=1S/C11H17N3S2/c1-13-4-6-14(7-5-13)10(11(12)15)9-3-2-8-16-9/h2-3,8,10H,4-7H2,1H3,(H2,12,15). The summed E-state index contributed by atoms with van der Waals surface area (Å²) in [5.41, 5.74) is 5.88. The maximum Gasteiger partial charge on any atom is 0.0956 e. The third-order valence-corrected chi connectivity index (χ3v) is 4.13. The van der Waals surface area contributed by atoms with E-state index in [0.717, 1.165) is 26.2 Å². The molecular formula is C11H17N3S2. The first-order valence-corrected chi connectivity index (χ1v) is 6.72. The summed E-state index contributed by atoms with van der Waals surface area (Å²) in [6.45, 7) is 4.25. The van der Waals surface area contributed by atoms with E-state index in [1.165, 1.54) is 4.88 Å². The highest BCUT2D eigenvalue weighted by Gasteiger charge is 2.26. The summed E-state index contributed by atoms with van der Waals surface area (Å²) in [6, 6.07) is 4.30. The molecule has 1 aromatic rings. The molecule has 0 radical (unpaired) electrons. The van der Waals surface area contributed by atoms with E-state index in [-0.39, 0.29) is 6.04 Å². The second kappa shape index (κ2) is 5.23. The number of thiophene rings is 1. The van der Waals surface area contributed by atoms with E-state index in [1.807, 2.05) is 0 Å². The molecule has 0 aromatic carbocycles. The molecule has 3 nitrogen and oxygen atoms in total. The molecule has 1 atom stereocenters. The van der Waals surface area contributed by atoms with Crippen LogP contribution in [-0.2, 0) is 0 Å². The Balaban J connectivity index is 2.11. The van der Waals surface area contributed by atoms with Crippen LogP contribution in [0.3, 0.4) is 0 Å². The molecule has 0 spiro atoms. The zero-order valence-corrected chi connectivity index (χ0v) is 11.1. The van der Waals surface area contributed by atoms with Crippen LogP contribution >= 0.6 is 23.6 Å². The number of piperazine rings is 1. The molecule has 2 N–H and O–H groups in total. The van der Waals surface area contributed by atoms with Crippen molar-refractivity contribution in [1.82, 2.24) is 9.80 Å². The van der Waals surface area contributed by atoms with Crippen LogP contribution in [0.25, 0.3) is 0 Å². The maximum atomic E-state index is 5.88. The van der Waals surface area contributed by atoms with Crippen molar-refractivity contribution < 1.29 is 0 Å². The zero-order valence-electron chi connectivity index (χ0n) is 9.43. The average Bonchev–Trinajstić information content (AvgIpc) is 2.74. The van der Waals surface area contributed by atoms with Crippen LogP contribution in [-0.4, -0.2) is 48.0 Å². The van der Waals surface area contributed by atoms with Crippen LogP contribution in [0.2, 0.25) is 0 Å². The van der Waals surface area contributed by atoms with Gasteiger partial charge in [-0.05, 0) is 18.5 Å². The Morgan fingerprint density at radius 3 is 2.62 bits per heavy atom. The Labute approximate surface area is 106 Å². The van der Waals surface area contributed by atoms with Gasteiger partial charge in [-0.3, -0.25) is 4.90 Å². The summed E-state index contributed by atoms with van der Waals surface area (Å²) in [4.78, 5) is 6.57. The fraction of sp³-hybridized carbons (Fsp3) is 0.545. The van der Waals surface area contributed by atoms with Crippen molar-refractivity contribution in [2.75, 3.05) is 33.2 Å². The van der Waals surface area contributed by atoms with Gasteiger partial charge in [-0.15, -0.1) is 11.3 Å². The molecule has 0 saturated carbocycles. The number of nitrogens with zero attached hydrogens (tertiary/aromatic N) is 2. The van der Waals surface area contributed by atoms with Gasteiger partial charge in [0.15, 0.2) is 0 Å². The normalized spacial score (nSPS) is 20.8. The van der Waals surface area contributed by atoms with Gasteiger partial charge in [0.1, 0.15) is 0 Å². The predicted octanol–water partition coefficient (Wildman–Crippen LogP) is 1.32. The minimum Gasteiger partial charge on any atom is -0.392 e. The van der Waals surface area contributed by atoms with Crippen molar-refractivity contribution in [1.29, 1.82) is 0 Å². The highest BCUT2D eigenvalue weighted by Crippen LogP contribution is 2.26. The molecule has 1 aliphatic rings. The van der Waals surface area contributed by atoms with Crippen LogP contribution in [0.5, 0.6) is 0 Å². The molecule has 5 heteroatoms. The van der Waals surface area contributed by atoms with Crippen molar-refractivity contribution >= 4 is 28.5 Å². The van der Waals surface area contributed by atoms with Gasteiger partial charge in [-0.2, -0.15) is 0 Å². The molecule has 1 aliphatic heterocycles. The Kier molecular flexibility index (Phi) is 3.91. The smallest absolute Gasteiger partial charge is 0.0956 e. The lowest BCUT2D eigenvalue weighted by atomic mass is 10.1. The topological polar surface area (TPSA) is 32.5 Å². The highest BCUT2D eigenvalue weighted by atomic mass is 32.1. The molecule has 1 unspecified atom stereocenters. The van der Waals surface area contributed by atoms with Crippen molar-refractivity contribution in [2.24, 2.45) is 5.73 Å². The van der Waals surface area contributed by atoms with Gasteiger partial charge < -0.3 is 10.6 Å². The molecular weight excluding hydrogens is 238 g/mol. The van der Waals surface area contributed by atoms with Crippen LogP contribution in [0.15, 0.2) is 17.5 Å². The summed E-state index contributed by atoms with van der Waals surface area (Å²) >= 11 is 6.94. The lowest BCUT2D eigenvalue weighted by Crippen LogP contribution is -2.48. The molecule has 0 amide bonds. The summed E-state index contributed by atoms with van der Waals surface area (Å²) < 4.78 is 0. The Bertz CT molecular complexity index is 342. The minimum atomic E-state index is 0.128. The van der Waals surface area contributed by atoms with Crippen LogP contribution in [0, 0.1) is 0 Å². The quantitative estimate of drug-likeness (QED) is 0.826. The summed E-state index contributed by atoms with van der Waals surface area (Å²) in [5, 5.41) is 2.08. The average molecular weight is 255 g/mol. The Morgan fingerprint density at radius 2 is 2.12 bits per heavy atom. The predicted molar refractivity (Wildman–Crippen MR) is 72.9 cm³/mol. The van der Waals surface area contributed by atoms with Gasteiger partial charge in [0.25, 0.3) is 0 Å². The molecule has 16 heavy (non-hydrogen) atoms. The number of hydrogen-bond donors (Lipinski definition) is 1. The number of thiocarbonyl (C=S) groups is 1. The van der Waals surface area contributed by atoms with Crippen LogP contribution < -0.4 is 5.73 Å². The first-order chi connectivity index (χ1) is 7.68. The summed E-state index contributed by atoms with van der Waals surface area (Å²) in [7, 11) is 2.15. The van der Waals surface area contributed by atoms with Crippen LogP contribution in [0.4, 0.5) is 0 Å². The number of likely N-dealkylation sites (N-methyl/N-ethyl adjacent to an activating group) is 1. The molecule has 88 valence electrons. The van der Waals surface area contributed by atoms with Crippen LogP contribution in [0.1, 0.15) is 10.9 Å². The SMILES string of the molecule is CN1CCN(C(C(N)=S)c2cccs2)CC1. The monoisotopic (exact) mass is 255 g/mol. The van der Waals surface area contributed by atoms with Crippen molar-refractivity contribution in [3.8, 4) is 0 Å². The van der Waals surface area contributed by atoms with Gasteiger partial charge in [0.05, 0.1) is 11.0 Å². The number of nitrogens with two attached hydrogens (primary N) is 1. The third kappa shape index (κ3) is 2.60. The van der Waals surface area contributed by atoms with E-state index >= 15 is 0 Å².